The van der Waals surface area contributed by atoms with Gasteiger partial charge in [0.1, 0.15) is 0 Å². The maximum atomic E-state index is 4.29. The molecule has 0 bridgehead atoms. The van der Waals surface area contributed by atoms with Crippen LogP contribution in [0.5, 0.6) is 0 Å². The molecule has 18 heavy (non-hydrogen) atoms. The summed E-state index contributed by atoms with van der Waals surface area (Å²) in [7, 11) is 0. The minimum absolute atomic E-state index is 0.432. The monoisotopic (exact) mass is 267 g/mol. The fraction of sp³-hybridized carbons (Fsp3) is 0.857. The molecule has 3 nitrogen and oxygen atoms in total. The molecule has 1 aliphatic rings. The summed E-state index contributed by atoms with van der Waals surface area (Å²) < 4.78 is 4.03. The maximum Gasteiger partial charge on any atom is 0.0927 e. The van der Waals surface area contributed by atoms with E-state index in [-0.39, 0.29) is 0 Å². The van der Waals surface area contributed by atoms with E-state index < -0.39 is 0 Å². The second-order valence-corrected chi connectivity index (χ2v) is 6.06. The second kappa shape index (κ2) is 7.19. The molecule has 1 N–H and O–H groups in total. The molecule has 1 heterocycles. The predicted molar refractivity (Wildman–Crippen MR) is 76.7 cm³/mol. The number of hydrogen-bond donors (Lipinski definition) is 1. The van der Waals surface area contributed by atoms with Gasteiger partial charge in [-0.25, -0.2) is 0 Å². The highest BCUT2D eigenvalue weighted by atomic mass is 32.1. The van der Waals surface area contributed by atoms with Crippen molar-refractivity contribution in [3.63, 3.8) is 0 Å². The van der Waals surface area contributed by atoms with Crippen LogP contribution in [0, 0.1) is 11.8 Å². The van der Waals surface area contributed by atoms with Crippen molar-refractivity contribution < 1.29 is 0 Å². The number of hydrogen-bond acceptors (Lipinski definition) is 4. The van der Waals surface area contributed by atoms with Gasteiger partial charge in [0.25, 0.3) is 0 Å². The molecule has 4 heteroatoms. The molecular formula is C14H25N3S. The van der Waals surface area contributed by atoms with Crippen molar-refractivity contribution in [1.29, 1.82) is 0 Å². The topological polar surface area (TPSA) is 37.8 Å². The van der Waals surface area contributed by atoms with Gasteiger partial charge in [0.2, 0.25) is 0 Å². The molecule has 1 saturated carbocycles. The molecule has 1 aromatic rings. The van der Waals surface area contributed by atoms with Crippen molar-refractivity contribution in [2.75, 3.05) is 6.54 Å². The van der Waals surface area contributed by atoms with E-state index in [0.29, 0.717) is 6.04 Å². The van der Waals surface area contributed by atoms with Gasteiger partial charge in [-0.15, -0.1) is 5.10 Å². The largest absolute Gasteiger partial charge is 0.308 e. The van der Waals surface area contributed by atoms with Crippen LogP contribution in [0.4, 0.5) is 0 Å². The van der Waals surface area contributed by atoms with Gasteiger partial charge in [-0.05, 0) is 49.2 Å². The second-order valence-electron chi connectivity index (χ2n) is 5.45. The standard InChI is InChI=1S/C14H25N3S/c1-3-9-15-14(13-10-18-17-16-13)12-7-5-11(4-2)6-8-12/h10-12,14-15H,3-9H2,1-2H3. The minimum atomic E-state index is 0.432. The zero-order chi connectivity index (χ0) is 12.8. The third-order valence-electron chi connectivity index (χ3n) is 4.25. The van der Waals surface area contributed by atoms with Crippen molar-refractivity contribution in [3.8, 4) is 0 Å². The summed E-state index contributed by atoms with van der Waals surface area (Å²) in [6.45, 7) is 5.62. The van der Waals surface area contributed by atoms with E-state index in [9.17, 15) is 0 Å². The molecule has 0 spiro atoms. The van der Waals surface area contributed by atoms with Gasteiger partial charge in [0, 0.05) is 5.38 Å². The average molecular weight is 267 g/mol. The summed E-state index contributed by atoms with van der Waals surface area (Å²) >= 11 is 1.47. The average Bonchev–Trinajstić information content (AvgIpc) is 2.94. The van der Waals surface area contributed by atoms with Crippen LogP contribution in [0.3, 0.4) is 0 Å². The van der Waals surface area contributed by atoms with Crippen molar-refractivity contribution in [1.82, 2.24) is 14.9 Å². The van der Waals surface area contributed by atoms with Crippen LogP contribution in [0.15, 0.2) is 5.38 Å². The molecule has 1 aliphatic carbocycles. The van der Waals surface area contributed by atoms with Crippen molar-refractivity contribution in [3.05, 3.63) is 11.1 Å². The highest BCUT2D eigenvalue weighted by Crippen LogP contribution is 2.37. The Morgan fingerprint density at radius 2 is 2.11 bits per heavy atom. The highest BCUT2D eigenvalue weighted by Gasteiger charge is 2.28. The van der Waals surface area contributed by atoms with Crippen molar-refractivity contribution in [2.24, 2.45) is 11.8 Å². The van der Waals surface area contributed by atoms with E-state index in [4.69, 9.17) is 0 Å². The quantitative estimate of drug-likeness (QED) is 0.852. The van der Waals surface area contributed by atoms with Crippen LogP contribution in [-0.2, 0) is 0 Å². The van der Waals surface area contributed by atoms with E-state index in [1.807, 2.05) is 0 Å². The molecule has 0 aliphatic heterocycles. The van der Waals surface area contributed by atoms with Gasteiger partial charge in [-0.3, -0.25) is 0 Å². The van der Waals surface area contributed by atoms with E-state index in [2.05, 4.69) is 34.1 Å². The van der Waals surface area contributed by atoms with Crippen LogP contribution in [-0.4, -0.2) is 16.1 Å². The van der Waals surface area contributed by atoms with Crippen molar-refractivity contribution in [2.45, 2.75) is 58.4 Å². The Kier molecular flexibility index (Phi) is 5.57. The van der Waals surface area contributed by atoms with E-state index in [1.165, 1.54) is 50.1 Å². The van der Waals surface area contributed by atoms with Crippen molar-refractivity contribution >= 4 is 11.5 Å². The van der Waals surface area contributed by atoms with Gasteiger partial charge < -0.3 is 5.32 Å². The molecule has 0 amide bonds. The van der Waals surface area contributed by atoms with Gasteiger partial charge in [-0.2, -0.15) is 0 Å². The summed E-state index contributed by atoms with van der Waals surface area (Å²) in [6, 6.07) is 0.432. The minimum Gasteiger partial charge on any atom is -0.308 e. The fourth-order valence-corrected chi connectivity index (χ4v) is 3.54. The Labute approximate surface area is 115 Å². The molecule has 102 valence electrons. The normalized spacial score (nSPS) is 26.1. The van der Waals surface area contributed by atoms with Crippen LogP contribution < -0.4 is 5.32 Å². The Morgan fingerprint density at radius 3 is 2.67 bits per heavy atom. The van der Waals surface area contributed by atoms with E-state index >= 15 is 0 Å². The summed E-state index contributed by atoms with van der Waals surface area (Å²) in [4.78, 5) is 0. The van der Waals surface area contributed by atoms with Gasteiger partial charge in [0.15, 0.2) is 0 Å². The third-order valence-corrected chi connectivity index (χ3v) is 4.77. The number of nitrogens with one attached hydrogen (secondary N) is 1. The van der Waals surface area contributed by atoms with E-state index in [1.54, 1.807) is 0 Å². The lowest BCUT2D eigenvalue weighted by Crippen LogP contribution is -2.31. The van der Waals surface area contributed by atoms with Crippen LogP contribution in [0.1, 0.15) is 64.1 Å². The molecular weight excluding hydrogens is 242 g/mol. The lowest BCUT2D eigenvalue weighted by atomic mass is 9.77. The van der Waals surface area contributed by atoms with Crippen LogP contribution >= 0.6 is 11.5 Å². The molecule has 1 aromatic heterocycles. The Morgan fingerprint density at radius 1 is 1.33 bits per heavy atom. The first kappa shape index (κ1) is 13.9. The summed E-state index contributed by atoms with van der Waals surface area (Å²) in [5.41, 5.74) is 1.16. The van der Waals surface area contributed by atoms with Crippen LogP contribution in [0.2, 0.25) is 0 Å². The number of rotatable bonds is 6. The number of nitrogens with zero attached hydrogens (tertiary/aromatic N) is 2. The smallest absolute Gasteiger partial charge is 0.0927 e. The first-order valence-corrected chi connectivity index (χ1v) is 8.19. The summed E-state index contributed by atoms with van der Waals surface area (Å²) in [5, 5.41) is 10.1. The lowest BCUT2D eigenvalue weighted by molar-refractivity contribution is 0.216. The highest BCUT2D eigenvalue weighted by molar-refractivity contribution is 7.03. The molecule has 1 atom stereocenters. The molecule has 0 saturated heterocycles. The molecule has 1 fully saturated rings. The maximum absolute atomic E-state index is 4.29. The SMILES string of the molecule is CCCNC(c1csnn1)C1CCC(CC)CC1. The molecule has 0 radical (unpaired) electrons. The Balaban J connectivity index is 1.96. The van der Waals surface area contributed by atoms with Gasteiger partial charge in [0.05, 0.1) is 11.7 Å². The summed E-state index contributed by atoms with van der Waals surface area (Å²) in [5.74, 6) is 1.71. The molecule has 2 rings (SSSR count). The number of aromatic nitrogens is 2. The third kappa shape index (κ3) is 3.51. The zero-order valence-corrected chi connectivity index (χ0v) is 12.4. The lowest BCUT2D eigenvalue weighted by Gasteiger charge is -2.33. The Hall–Kier alpha value is -0.480. The predicted octanol–water partition coefficient (Wildman–Crippen LogP) is 3.80. The Bertz CT molecular complexity index is 318. The van der Waals surface area contributed by atoms with Gasteiger partial charge >= 0.3 is 0 Å². The molecule has 1 unspecified atom stereocenters. The van der Waals surface area contributed by atoms with Crippen LogP contribution in [0.25, 0.3) is 0 Å². The molecule has 0 aromatic carbocycles. The fourth-order valence-electron chi connectivity index (χ4n) is 3.05. The summed E-state index contributed by atoms with van der Waals surface area (Å²) in [6.07, 6.45) is 8.00. The zero-order valence-electron chi connectivity index (χ0n) is 11.6. The first-order valence-electron chi connectivity index (χ1n) is 7.35. The van der Waals surface area contributed by atoms with Gasteiger partial charge in [-0.1, -0.05) is 37.6 Å². The van der Waals surface area contributed by atoms with E-state index in [0.717, 1.165) is 24.1 Å². The first-order chi connectivity index (χ1) is 8.85.